The molecule has 1 aromatic heterocycles. The van der Waals surface area contributed by atoms with Gasteiger partial charge in [-0.25, -0.2) is 0 Å². The lowest BCUT2D eigenvalue weighted by molar-refractivity contribution is 0.239. The van der Waals surface area contributed by atoms with Crippen LogP contribution in [0.15, 0.2) is 18.3 Å². The van der Waals surface area contributed by atoms with Crippen LogP contribution in [-0.2, 0) is 13.6 Å². The molecule has 0 saturated heterocycles. The topological polar surface area (TPSA) is 17.0 Å². The van der Waals surface area contributed by atoms with Gasteiger partial charge in [-0.15, -0.1) is 12.4 Å². The molecule has 0 amide bonds. The zero-order chi connectivity index (χ0) is 12.4. The average molecular weight is 259 g/mol. The number of aryl methyl sites for hydroxylation is 1. The first kappa shape index (κ1) is 16.5. The quantitative estimate of drug-likeness (QED) is 0.870. The van der Waals surface area contributed by atoms with E-state index in [2.05, 4.69) is 69.9 Å². The van der Waals surface area contributed by atoms with Crippen LogP contribution in [0.1, 0.15) is 46.7 Å². The average Bonchev–Trinajstić information content (AvgIpc) is 2.43. The minimum absolute atomic E-state index is 0. The van der Waals surface area contributed by atoms with Crippen molar-refractivity contribution in [3.63, 3.8) is 0 Å². The van der Waals surface area contributed by atoms with E-state index in [0.29, 0.717) is 5.41 Å². The Bertz CT molecular complexity index is 334. The second-order valence-electron chi connectivity index (χ2n) is 6.59. The van der Waals surface area contributed by atoms with E-state index in [1.807, 2.05) is 0 Å². The lowest BCUT2D eigenvalue weighted by atomic mass is 9.82. The molecule has 100 valence electrons. The molecule has 0 aromatic carbocycles. The molecule has 17 heavy (non-hydrogen) atoms. The highest BCUT2D eigenvalue weighted by Gasteiger charge is 2.24. The molecule has 3 heteroatoms. The second kappa shape index (κ2) is 5.92. The van der Waals surface area contributed by atoms with Crippen LogP contribution < -0.4 is 5.32 Å². The molecule has 1 aromatic rings. The minimum atomic E-state index is 0. The number of hydrogen-bond donors (Lipinski definition) is 1. The molecule has 1 heterocycles. The van der Waals surface area contributed by atoms with Gasteiger partial charge in [-0.2, -0.15) is 0 Å². The Hall–Kier alpha value is -0.470. The summed E-state index contributed by atoms with van der Waals surface area (Å²) in [7, 11) is 2.09. The zero-order valence-corrected chi connectivity index (χ0v) is 12.8. The van der Waals surface area contributed by atoms with Gasteiger partial charge < -0.3 is 9.88 Å². The van der Waals surface area contributed by atoms with Crippen LogP contribution in [0.25, 0.3) is 0 Å². The van der Waals surface area contributed by atoms with Gasteiger partial charge in [0.25, 0.3) is 0 Å². The first-order chi connectivity index (χ1) is 7.20. The third kappa shape index (κ3) is 6.13. The third-order valence-electron chi connectivity index (χ3n) is 2.77. The Balaban J connectivity index is 0.00000256. The first-order valence-corrected chi connectivity index (χ1v) is 6.05. The summed E-state index contributed by atoms with van der Waals surface area (Å²) in [5.41, 5.74) is 1.88. The predicted octanol–water partition coefficient (Wildman–Crippen LogP) is 3.75. The van der Waals surface area contributed by atoms with Crippen molar-refractivity contribution in [3.8, 4) is 0 Å². The van der Waals surface area contributed by atoms with Gasteiger partial charge in [0, 0.05) is 31.0 Å². The molecule has 2 nitrogen and oxygen atoms in total. The highest BCUT2D eigenvalue weighted by molar-refractivity contribution is 5.85. The SMILES string of the molecule is Cl.Cn1cccc1CNC(C)(C)CC(C)(C)C. The van der Waals surface area contributed by atoms with Crippen molar-refractivity contribution in [2.24, 2.45) is 12.5 Å². The minimum Gasteiger partial charge on any atom is -0.353 e. The predicted molar refractivity (Wildman–Crippen MR) is 77.7 cm³/mol. The van der Waals surface area contributed by atoms with Crippen LogP contribution in [-0.4, -0.2) is 10.1 Å². The summed E-state index contributed by atoms with van der Waals surface area (Å²) in [6.07, 6.45) is 3.26. The van der Waals surface area contributed by atoms with Crippen molar-refractivity contribution in [2.75, 3.05) is 0 Å². The van der Waals surface area contributed by atoms with Crippen LogP contribution in [0.5, 0.6) is 0 Å². The number of nitrogens with zero attached hydrogens (tertiary/aromatic N) is 1. The summed E-state index contributed by atoms with van der Waals surface area (Å²) in [4.78, 5) is 0. The fourth-order valence-electron chi connectivity index (χ4n) is 2.40. The second-order valence-corrected chi connectivity index (χ2v) is 6.59. The molecule has 0 spiro atoms. The smallest absolute Gasteiger partial charge is 0.0363 e. The van der Waals surface area contributed by atoms with Gasteiger partial charge >= 0.3 is 0 Å². The van der Waals surface area contributed by atoms with E-state index >= 15 is 0 Å². The van der Waals surface area contributed by atoms with E-state index in [1.165, 1.54) is 12.1 Å². The van der Waals surface area contributed by atoms with Crippen molar-refractivity contribution >= 4 is 12.4 Å². The normalized spacial score (nSPS) is 12.4. The van der Waals surface area contributed by atoms with E-state index in [0.717, 1.165) is 6.54 Å². The molecule has 0 fully saturated rings. The fourth-order valence-corrected chi connectivity index (χ4v) is 2.40. The summed E-state index contributed by atoms with van der Waals surface area (Å²) in [6, 6.07) is 4.26. The highest BCUT2D eigenvalue weighted by Crippen LogP contribution is 2.26. The van der Waals surface area contributed by atoms with E-state index in [1.54, 1.807) is 0 Å². The molecule has 0 aliphatic rings. The Morgan fingerprint density at radius 1 is 1.18 bits per heavy atom. The van der Waals surface area contributed by atoms with Gasteiger partial charge in [-0.3, -0.25) is 0 Å². The van der Waals surface area contributed by atoms with Crippen LogP contribution in [0, 0.1) is 5.41 Å². The van der Waals surface area contributed by atoms with Crippen LogP contribution >= 0.6 is 12.4 Å². The number of halogens is 1. The van der Waals surface area contributed by atoms with Crippen molar-refractivity contribution in [1.29, 1.82) is 0 Å². The Morgan fingerprint density at radius 2 is 1.76 bits per heavy atom. The maximum Gasteiger partial charge on any atom is 0.0363 e. The van der Waals surface area contributed by atoms with Gasteiger partial charge in [0.1, 0.15) is 0 Å². The van der Waals surface area contributed by atoms with Crippen LogP contribution in [0.4, 0.5) is 0 Å². The van der Waals surface area contributed by atoms with Gasteiger partial charge in [0.15, 0.2) is 0 Å². The molecule has 0 radical (unpaired) electrons. The maximum atomic E-state index is 3.64. The Kier molecular flexibility index (Phi) is 5.76. The Labute approximate surface area is 112 Å². The van der Waals surface area contributed by atoms with Crippen molar-refractivity contribution < 1.29 is 0 Å². The van der Waals surface area contributed by atoms with Gasteiger partial charge in [0.05, 0.1) is 0 Å². The molecular weight excluding hydrogens is 232 g/mol. The van der Waals surface area contributed by atoms with Crippen LogP contribution in [0.3, 0.4) is 0 Å². The molecule has 1 N–H and O–H groups in total. The molecule has 0 aliphatic heterocycles. The van der Waals surface area contributed by atoms with Gasteiger partial charge in [0.2, 0.25) is 0 Å². The van der Waals surface area contributed by atoms with Crippen LogP contribution in [0.2, 0.25) is 0 Å². The lowest BCUT2D eigenvalue weighted by Crippen LogP contribution is -2.42. The van der Waals surface area contributed by atoms with E-state index in [-0.39, 0.29) is 17.9 Å². The van der Waals surface area contributed by atoms with Gasteiger partial charge in [-0.05, 0) is 37.8 Å². The summed E-state index contributed by atoms with van der Waals surface area (Å²) in [5.74, 6) is 0. The molecule has 0 saturated carbocycles. The molecule has 0 unspecified atom stereocenters. The first-order valence-electron chi connectivity index (χ1n) is 6.05. The van der Waals surface area contributed by atoms with Crippen molar-refractivity contribution in [2.45, 2.75) is 53.1 Å². The molecule has 0 bridgehead atoms. The summed E-state index contributed by atoms with van der Waals surface area (Å²) >= 11 is 0. The molecule has 0 atom stereocenters. The summed E-state index contributed by atoms with van der Waals surface area (Å²) in [6.45, 7) is 12.4. The number of aromatic nitrogens is 1. The van der Waals surface area contributed by atoms with E-state index < -0.39 is 0 Å². The molecule has 1 rings (SSSR count). The summed E-state index contributed by atoms with van der Waals surface area (Å²) in [5, 5.41) is 3.64. The highest BCUT2D eigenvalue weighted by atomic mass is 35.5. The van der Waals surface area contributed by atoms with Crippen molar-refractivity contribution in [1.82, 2.24) is 9.88 Å². The standard InChI is InChI=1S/C14H26N2.ClH/c1-13(2,3)11-14(4,5)15-10-12-8-7-9-16(12)6;/h7-9,15H,10-11H2,1-6H3;1H. The largest absolute Gasteiger partial charge is 0.353 e. The number of nitrogens with one attached hydrogen (secondary N) is 1. The third-order valence-corrected chi connectivity index (χ3v) is 2.77. The van der Waals surface area contributed by atoms with E-state index in [4.69, 9.17) is 0 Å². The number of rotatable bonds is 4. The monoisotopic (exact) mass is 258 g/mol. The Morgan fingerprint density at radius 3 is 2.18 bits per heavy atom. The van der Waals surface area contributed by atoms with Crippen molar-refractivity contribution in [3.05, 3.63) is 24.0 Å². The molecule has 0 aliphatic carbocycles. The van der Waals surface area contributed by atoms with Gasteiger partial charge in [-0.1, -0.05) is 20.8 Å². The maximum absolute atomic E-state index is 3.64. The fraction of sp³-hybridized carbons (Fsp3) is 0.714. The summed E-state index contributed by atoms with van der Waals surface area (Å²) < 4.78 is 2.17. The number of hydrogen-bond acceptors (Lipinski definition) is 1. The zero-order valence-electron chi connectivity index (χ0n) is 12.0. The molecular formula is C14H27ClN2. The lowest BCUT2D eigenvalue weighted by Gasteiger charge is -2.33. The van der Waals surface area contributed by atoms with E-state index in [9.17, 15) is 0 Å².